The van der Waals surface area contributed by atoms with Gasteiger partial charge in [0.15, 0.2) is 6.10 Å². The van der Waals surface area contributed by atoms with Crippen molar-refractivity contribution in [2.24, 2.45) is 5.92 Å². The molecule has 0 N–H and O–H groups in total. The van der Waals surface area contributed by atoms with Crippen molar-refractivity contribution in [3.8, 4) is 0 Å². The first-order valence-corrected chi connectivity index (χ1v) is 24.9. The summed E-state index contributed by atoms with van der Waals surface area (Å²) in [5.74, 6) is -0.00992. The van der Waals surface area contributed by atoms with Gasteiger partial charge in [0.1, 0.15) is 13.2 Å². The average molecular weight is 793 g/mol. The first-order valence-electron chi connectivity index (χ1n) is 24.9. The fourth-order valence-corrected chi connectivity index (χ4v) is 7.51. The van der Waals surface area contributed by atoms with Crippen molar-refractivity contribution in [2.75, 3.05) is 13.2 Å². The summed E-state index contributed by atoms with van der Waals surface area (Å²) in [5, 5.41) is 0. The average Bonchev–Trinajstić information content (AvgIpc) is 3.18. The van der Waals surface area contributed by atoms with Crippen molar-refractivity contribution in [1.82, 2.24) is 0 Å². The molecule has 0 unspecified atom stereocenters. The molecule has 1 atom stereocenters. The molecule has 0 saturated heterocycles. The van der Waals surface area contributed by atoms with Gasteiger partial charge in [0.05, 0.1) is 0 Å². The fourth-order valence-electron chi connectivity index (χ4n) is 7.51. The molecule has 0 heterocycles. The summed E-state index contributed by atoms with van der Waals surface area (Å²) < 4.78 is 16.7. The van der Waals surface area contributed by atoms with Gasteiger partial charge < -0.3 is 14.2 Å². The van der Waals surface area contributed by atoms with Gasteiger partial charge in [0, 0.05) is 19.3 Å². The Balaban J connectivity index is 4.21. The first-order chi connectivity index (χ1) is 27.4. The molecule has 0 aliphatic rings. The second-order valence-corrected chi connectivity index (χ2v) is 17.6. The number of ether oxygens (including phenoxy) is 3. The third kappa shape index (κ3) is 43.5. The van der Waals surface area contributed by atoms with Crippen LogP contribution in [0.3, 0.4) is 0 Å². The van der Waals surface area contributed by atoms with Gasteiger partial charge in [-0.1, -0.05) is 240 Å². The molecule has 0 radical (unpaired) electrons. The lowest BCUT2D eigenvalue weighted by molar-refractivity contribution is -0.167. The smallest absolute Gasteiger partial charge is 0.306 e. The zero-order valence-corrected chi connectivity index (χ0v) is 38.1. The van der Waals surface area contributed by atoms with Gasteiger partial charge in [-0.15, -0.1) is 0 Å². The second kappa shape index (κ2) is 44.5. The normalized spacial score (nSPS) is 11.9. The van der Waals surface area contributed by atoms with Gasteiger partial charge in [-0.3, -0.25) is 14.4 Å². The Bertz CT molecular complexity index is 841. The molecule has 0 aromatic heterocycles. The summed E-state index contributed by atoms with van der Waals surface area (Å²) in [6, 6.07) is 0. The lowest BCUT2D eigenvalue weighted by atomic mass is 10.0. The van der Waals surface area contributed by atoms with Crippen LogP contribution in [0, 0.1) is 5.92 Å². The molecular weight excluding hydrogens is 697 g/mol. The van der Waals surface area contributed by atoms with Crippen LogP contribution < -0.4 is 0 Å². The van der Waals surface area contributed by atoms with Crippen LogP contribution in [-0.2, 0) is 28.6 Å². The third-order valence-electron chi connectivity index (χ3n) is 11.3. The summed E-state index contributed by atoms with van der Waals surface area (Å²) in [6.07, 6.45) is 45.3. The minimum atomic E-state index is -0.759. The Labute approximate surface area is 348 Å². The highest BCUT2D eigenvalue weighted by Gasteiger charge is 2.19. The van der Waals surface area contributed by atoms with Crippen molar-refractivity contribution in [1.29, 1.82) is 0 Å². The summed E-state index contributed by atoms with van der Waals surface area (Å²) in [7, 11) is 0. The molecule has 0 aliphatic heterocycles. The van der Waals surface area contributed by atoms with Crippen molar-refractivity contribution < 1.29 is 28.6 Å². The van der Waals surface area contributed by atoms with E-state index in [1.54, 1.807) is 0 Å². The first kappa shape index (κ1) is 54.4. The maximum Gasteiger partial charge on any atom is 0.306 e. The fraction of sp³-hybridized carbons (Fsp3) is 0.940. The Kier molecular flexibility index (Phi) is 43.2. The van der Waals surface area contributed by atoms with Gasteiger partial charge in [-0.05, 0) is 25.2 Å². The van der Waals surface area contributed by atoms with Crippen LogP contribution in [0.25, 0.3) is 0 Å². The van der Waals surface area contributed by atoms with Crippen LogP contribution in [0.1, 0.15) is 278 Å². The van der Waals surface area contributed by atoms with Gasteiger partial charge in [0.2, 0.25) is 0 Å². The van der Waals surface area contributed by atoms with Crippen LogP contribution in [0.2, 0.25) is 0 Å². The zero-order valence-electron chi connectivity index (χ0n) is 38.1. The van der Waals surface area contributed by atoms with Crippen molar-refractivity contribution in [3.05, 3.63) is 0 Å². The van der Waals surface area contributed by atoms with Crippen molar-refractivity contribution in [3.63, 3.8) is 0 Å². The van der Waals surface area contributed by atoms with E-state index in [9.17, 15) is 14.4 Å². The van der Waals surface area contributed by atoms with Gasteiger partial charge in [-0.2, -0.15) is 0 Å². The van der Waals surface area contributed by atoms with Crippen LogP contribution in [0.15, 0.2) is 0 Å². The molecule has 0 saturated carbocycles. The molecule has 0 amide bonds. The topological polar surface area (TPSA) is 78.9 Å². The molecular formula is C50H96O6. The van der Waals surface area contributed by atoms with Crippen LogP contribution in [0.5, 0.6) is 0 Å². The number of esters is 3. The molecule has 0 fully saturated rings. The van der Waals surface area contributed by atoms with E-state index in [1.165, 1.54) is 173 Å². The quantitative estimate of drug-likeness (QED) is 0.0347. The molecule has 6 heteroatoms. The summed E-state index contributed by atoms with van der Waals surface area (Å²) in [5.41, 5.74) is 0. The lowest BCUT2D eigenvalue weighted by Crippen LogP contribution is -2.30. The monoisotopic (exact) mass is 793 g/mol. The van der Waals surface area contributed by atoms with Gasteiger partial charge in [-0.25, -0.2) is 0 Å². The van der Waals surface area contributed by atoms with E-state index in [0.29, 0.717) is 19.3 Å². The highest BCUT2D eigenvalue weighted by molar-refractivity contribution is 5.71. The Morgan fingerprint density at radius 2 is 0.589 bits per heavy atom. The Morgan fingerprint density at radius 3 is 0.875 bits per heavy atom. The minimum absolute atomic E-state index is 0.0633. The van der Waals surface area contributed by atoms with E-state index >= 15 is 0 Å². The lowest BCUT2D eigenvalue weighted by Gasteiger charge is -2.18. The van der Waals surface area contributed by atoms with E-state index in [4.69, 9.17) is 14.2 Å². The maximum absolute atomic E-state index is 12.7. The van der Waals surface area contributed by atoms with E-state index in [-0.39, 0.29) is 31.1 Å². The molecule has 0 aromatic rings. The molecule has 0 aliphatic carbocycles. The summed E-state index contributed by atoms with van der Waals surface area (Å²) in [4.78, 5) is 37.7. The third-order valence-corrected chi connectivity index (χ3v) is 11.3. The number of hydrogen-bond acceptors (Lipinski definition) is 6. The van der Waals surface area contributed by atoms with Gasteiger partial charge >= 0.3 is 17.9 Å². The maximum atomic E-state index is 12.7. The molecule has 0 bridgehead atoms. The van der Waals surface area contributed by atoms with Gasteiger partial charge in [0.25, 0.3) is 0 Å². The number of carbonyl (C=O) groups is 3. The summed E-state index contributed by atoms with van der Waals surface area (Å²) in [6.45, 7) is 8.99. The zero-order chi connectivity index (χ0) is 41.0. The molecule has 6 nitrogen and oxygen atoms in total. The standard InChI is InChI=1S/C50H96O6/c1-5-7-9-11-13-14-15-16-20-23-26-30-34-38-42-49(52)55-45-47(44-54-48(51)41-37-33-28-12-10-8-6-2)56-50(53)43-39-35-31-27-24-21-18-17-19-22-25-29-32-36-40-46(3)4/h46-47H,5-45H2,1-4H3/t47-/m1/s1. The minimum Gasteiger partial charge on any atom is -0.462 e. The molecule has 332 valence electrons. The van der Waals surface area contributed by atoms with E-state index < -0.39 is 6.10 Å². The largest absolute Gasteiger partial charge is 0.462 e. The second-order valence-electron chi connectivity index (χ2n) is 17.6. The predicted octanol–water partition coefficient (Wildman–Crippen LogP) is 15.9. The molecule has 0 aromatic carbocycles. The Morgan fingerprint density at radius 1 is 0.339 bits per heavy atom. The number of carbonyl (C=O) groups excluding carboxylic acids is 3. The SMILES string of the molecule is CCCCCCCCCCCCCCCCC(=O)OC[C@@H](COC(=O)CCCCCCCCC)OC(=O)CCCCCCCCCCCCCCCCC(C)C. The van der Waals surface area contributed by atoms with Crippen LogP contribution in [0.4, 0.5) is 0 Å². The molecule has 0 rings (SSSR count). The van der Waals surface area contributed by atoms with Crippen LogP contribution >= 0.6 is 0 Å². The van der Waals surface area contributed by atoms with E-state index in [2.05, 4.69) is 27.7 Å². The predicted molar refractivity (Wildman–Crippen MR) is 238 cm³/mol. The highest BCUT2D eigenvalue weighted by atomic mass is 16.6. The molecule has 56 heavy (non-hydrogen) atoms. The number of rotatable bonds is 45. The summed E-state index contributed by atoms with van der Waals surface area (Å²) >= 11 is 0. The highest BCUT2D eigenvalue weighted by Crippen LogP contribution is 2.17. The molecule has 0 spiro atoms. The van der Waals surface area contributed by atoms with Crippen LogP contribution in [-0.4, -0.2) is 37.2 Å². The number of unbranched alkanes of at least 4 members (excludes halogenated alkanes) is 32. The van der Waals surface area contributed by atoms with Crippen molar-refractivity contribution in [2.45, 2.75) is 284 Å². The Hall–Kier alpha value is -1.59. The van der Waals surface area contributed by atoms with E-state index in [0.717, 1.165) is 63.7 Å². The number of hydrogen-bond donors (Lipinski definition) is 0. The van der Waals surface area contributed by atoms with Crippen molar-refractivity contribution >= 4 is 17.9 Å². The van der Waals surface area contributed by atoms with E-state index in [1.807, 2.05) is 0 Å².